The van der Waals surface area contributed by atoms with Gasteiger partial charge in [0, 0.05) is 11.6 Å². The summed E-state index contributed by atoms with van der Waals surface area (Å²) in [6.07, 6.45) is 0. The zero-order valence-corrected chi connectivity index (χ0v) is 19.3. The lowest BCUT2D eigenvalue weighted by molar-refractivity contribution is 0.619. The zero-order valence-electron chi connectivity index (χ0n) is 19.3. The third kappa shape index (κ3) is 4.12. The fraction of sp³-hybridized carbons (Fsp3) is 0. The van der Waals surface area contributed by atoms with Crippen molar-refractivity contribution in [3.05, 3.63) is 143 Å². The van der Waals surface area contributed by atoms with E-state index in [4.69, 9.17) is 4.42 Å². The van der Waals surface area contributed by atoms with Crippen molar-refractivity contribution in [1.82, 2.24) is 0 Å². The summed E-state index contributed by atoms with van der Waals surface area (Å²) in [6.45, 7) is 0. The van der Waals surface area contributed by atoms with Gasteiger partial charge >= 0.3 is 0 Å². The van der Waals surface area contributed by atoms with Crippen LogP contribution < -0.4 is 5.43 Å². The van der Waals surface area contributed by atoms with Crippen molar-refractivity contribution in [3.63, 3.8) is 0 Å². The van der Waals surface area contributed by atoms with Crippen LogP contribution in [-0.2, 0) is 0 Å². The molecule has 0 aliphatic rings. The Kier molecular flexibility index (Phi) is 5.51. The molecule has 6 rings (SSSR count). The Bertz CT molecular complexity index is 1720. The van der Waals surface area contributed by atoms with E-state index < -0.39 is 0 Å². The molecular weight excluding hydrogens is 447 g/mol. The highest BCUT2D eigenvalue weighted by Crippen LogP contribution is 2.37. The molecule has 1 heterocycles. The van der Waals surface area contributed by atoms with Crippen LogP contribution in [0.2, 0.25) is 0 Å². The van der Waals surface area contributed by atoms with Gasteiger partial charge in [0.25, 0.3) is 0 Å². The molecule has 0 radical (unpaired) electrons. The van der Waals surface area contributed by atoms with Gasteiger partial charge in [-0.3, -0.25) is 4.79 Å². The summed E-state index contributed by atoms with van der Waals surface area (Å²) in [6, 6.07) is 39.7. The fourth-order valence-electron chi connectivity index (χ4n) is 4.53. The van der Waals surface area contributed by atoms with Crippen LogP contribution in [0.1, 0.15) is 0 Å². The smallest absolute Gasteiger partial charge is 0.193 e. The van der Waals surface area contributed by atoms with Crippen LogP contribution in [0.25, 0.3) is 55.7 Å². The minimum Gasteiger partial charge on any atom is -0.456 e. The molecule has 0 atom stereocenters. The van der Waals surface area contributed by atoms with Crippen LogP contribution in [-0.4, -0.2) is 0 Å². The molecule has 0 amide bonds. The summed E-state index contributed by atoms with van der Waals surface area (Å²) in [5.41, 5.74) is 7.03. The van der Waals surface area contributed by atoms with E-state index in [9.17, 15) is 9.18 Å². The van der Waals surface area contributed by atoms with E-state index in [0.717, 1.165) is 38.9 Å². The van der Waals surface area contributed by atoms with Crippen molar-refractivity contribution < 1.29 is 8.81 Å². The standard InChI is InChI=1S/C33H21FO2/c34-27-17-15-25(16-18-27)28-19-30-31(35)21-32(26-9-5-2-6-10-26)36-33(30)20-29(28)24-13-11-23(12-14-24)22-7-3-1-4-8-22/h1-21H. The molecule has 5 aromatic carbocycles. The largest absolute Gasteiger partial charge is 0.456 e. The molecule has 0 unspecified atom stereocenters. The summed E-state index contributed by atoms with van der Waals surface area (Å²) in [5.74, 6) is 0.216. The van der Waals surface area contributed by atoms with E-state index in [1.807, 2.05) is 60.7 Å². The Hall–Kier alpha value is -4.76. The number of hydrogen-bond acceptors (Lipinski definition) is 2. The van der Waals surface area contributed by atoms with Gasteiger partial charge in [0.1, 0.15) is 17.2 Å². The molecule has 6 aromatic rings. The summed E-state index contributed by atoms with van der Waals surface area (Å²) < 4.78 is 19.9. The fourth-order valence-corrected chi connectivity index (χ4v) is 4.53. The number of halogens is 1. The molecule has 0 saturated heterocycles. The van der Waals surface area contributed by atoms with Crippen molar-refractivity contribution >= 4 is 11.0 Å². The summed E-state index contributed by atoms with van der Waals surface area (Å²) >= 11 is 0. The lowest BCUT2D eigenvalue weighted by atomic mass is 9.92. The predicted octanol–water partition coefficient (Wildman–Crippen LogP) is 8.60. The van der Waals surface area contributed by atoms with Crippen LogP contribution in [0, 0.1) is 5.82 Å². The molecule has 0 saturated carbocycles. The molecular formula is C33H21FO2. The van der Waals surface area contributed by atoms with Crippen LogP contribution in [0.3, 0.4) is 0 Å². The third-order valence-corrected chi connectivity index (χ3v) is 6.38. The molecule has 36 heavy (non-hydrogen) atoms. The minimum atomic E-state index is -0.305. The lowest BCUT2D eigenvalue weighted by Crippen LogP contribution is -2.01. The topological polar surface area (TPSA) is 30.2 Å². The highest BCUT2D eigenvalue weighted by molar-refractivity contribution is 5.94. The summed E-state index contributed by atoms with van der Waals surface area (Å²) in [7, 11) is 0. The van der Waals surface area contributed by atoms with Crippen molar-refractivity contribution in [3.8, 4) is 44.7 Å². The monoisotopic (exact) mass is 468 g/mol. The molecule has 0 aliphatic heterocycles. The Labute approximate surface area is 207 Å². The second-order valence-corrected chi connectivity index (χ2v) is 8.69. The van der Waals surface area contributed by atoms with Gasteiger partial charge in [-0.15, -0.1) is 0 Å². The Morgan fingerprint density at radius 3 is 1.64 bits per heavy atom. The maximum absolute atomic E-state index is 13.7. The molecule has 0 aliphatic carbocycles. The summed E-state index contributed by atoms with van der Waals surface area (Å²) in [5, 5.41) is 0.485. The molecule has 0 bridgehead atoms. The van der Waals surface area contributed by atoms with Crippen molar-refractivity contribution in [2.24, 2.45) is 0 Å². The first kappa shape index (κ1) is 21.8. The minimum absolute atomic E-state index is 0.121. The van der Waals surface area contributed by atoms with Gasteiger partial charge < -0.3 is 4.42 Å². The first-order chi connectivity index (χ1) is 17.7. The highest BCUT2D eigenvalue weighted by Gasteiger charge is 2.15. The van der Waals surface area contributed by atoms with Gasteiger partial charge in [0.05, 0.1) is 5.39 Å². The maximum Gasteiger partial charge on any atom is 0.193 e. The predicted molar refractivity (Wildman–Crippen MR) is 144 cm³/mol. The average Bonchev–Trinajstić information content (AvgIpc) is 2.94. The van der Waals surface area contributed by atoms with Gasteiger partial charge in [-0.2, -0.15) is 0 Å². The van der Waals surface area contributed by atoms with E-state index >= 15 is 0 Å². The second-order valence-electron chi connectivity index (χ2n) is 8.69. The average molecular weight is 469 g/mol. The van der Waals surface area contributed by atoms with E-state index in [-0.39, 0.29) is 11.2 Å². The van der Waals surface area contributed by atoms with Crippen molar-refractivity contribution in [2.45, 2.75) is 0 Å². The first-order valence-electron chi connectivity index (χ1n) is 11.7. The van der Waals surface area contributed by atoms with E-state index in [1.165, 1.54) is 18.2 Å². The highest BCUT2D eigenvalue weighted by atomic mass is 19.1. The molecule has 3 heteroatoms. The number of fused-ring (bicyclic) bond motifs is 1. The number of hydrogen-bond donors (Lipinski definition) is 0. The van der Waals surface area contributed by atoms with E-state index in [0.29, 0.717) is 16.7 Å². The normalized spacial score (nSPS) is 11.0. The lowest BCUT2D eigenvalue weighted by Gasteiger charge is -2.13. The molecule has 0 spiro atoms. The molecule has 0 fully saturated rings. The molecule has 0 N–H and O–H groups in total. The van der Waals surface area contributed by atoms with E-state index in [1.54, 1.807) is 12.1 Å². The zero-order chi connectivity index (χ0) is 24.5. The van der Waals surface area contributed by atoms with Crippen molar-refractivity contribution in [1.29, 1.82) is 0 Å². The third-order valence-electron chi connectivity index (χ3n) is 6.38. The first-order valence-corrected chi connectivity index (χ1v) is 11.7. The Morgan fingerprint density at radius 2 is 1.00 bits per heavy atom. The van der Waals surface area contributed by atoms with Gasteiger partial charge in [-0.05, 0) is 57.6 Å². The summed E-state index contributed by atoms with van der Waals surface area (Å²) in [4.78, 5) is 13.1. The van der Waals surface area contributed by atoms with Gasteiger partial charge in [0.2, 0.25) is 0 Å². The van der Waals surface area contributed by atoms with Crippen LogP contribution in [0.15, 0.2) is 137 Å². The van der Waals surface area contributed by atoms with E-state index in [2.05, 4.69) is 36.4 Å². The molecule has 2 nitrogen and oxygen atoms in total. The Morgan fingerprint density at radius 1 is 0.500 bits per heavy atom. The number of rotatable bonds is 4. The van der Waals surface area contributed by atoms with Crippen molar-refractivity contribution in [2.75, 3.05) is 0 Å². The number of benzene rings is 5. The quantitative estimate of drug-likeness (QED) is 0.259. The van der Waals surface area contributed by atoms with Gasteiger partial charge in [0.15, 0.2) is 5.43 Å². The van der Waals surface area contributed by atoms with Crippen LogP contribution in [0.4, 0.5) is 4.39 Å². The van der Waals surface area contributed by atoms with Crippen LogP contribution in [0.5, 0.6) is 0 Å². The van der Waals surface area contributed by atoms with Gasteiger partial charge in [-0.25, -0.2) is 4.39 Å². The molecule has 172 valence electrons. The van der Waals surface area contributed by atoms with Crippen LogP contribution >= 0.6 is 0 Å². The SMILES string of the molecule is O=c1cc(-c2ccccc2)oc2cc(-c3ccc(-c4ccccc4)cc3)c(-c3ccc(F)cc3)cc12. The Balaban J connectivity index is 1.55. The van der Waals surface area contributed by atoms with Gasteiger partial charge in [-0.1, -0.05) is 97.1 Å². The molecule has 1 aromatic heterocycles. The maximum atomic E-state index is 13.7. The second kappa shape index (κ2) is 9.12.